The molecule has 1 saturated heterocycles. The minimum Gasteiger partial charge on any atom is -0.390 e. The first-order valence-electron chi connectivity index (χ1n) is 9.51. The van der Waals surface area contributed by atoms with E-state index in [0.29, 0.717) is 23.8 Å². The summed E-state index contributed by atoms with van der Waals surface area (Å²) >= 11 is 0. The van der Waals surface area contributed by atoms with Crippen molar-refractivity contribution in [2.75, 3.05) is 13.1 Å². The Kier molecular flexibility index (Phi) is 4.31. The summed E-state index contributed by atoms with van der Waals surface area (Å²) in [5, 5.41) is 15.3. The molecular weight excluding hydrogens is 328 g/mol. The van der Waals surface area contributed by atoms with Gasteiger partial charge < -0.3 is 10.0 Å². The summed E-state index contributed by atoms with van der Waals surface area (Å²) in [7, 11) is 0. The molecule has 0 aromatic carbocycles. The molecule has 1 aliphatic heterocycles. The number of hydrogen-bond acceptors (Lipinski definition) is 4. The minimum atomic E-state index is -0.620. The second kappa shape index (κ2) is 6.50. The van der Waals surface area contributed by atoms with E-state index in [4.69, 9.17) is 0 Å². The van der Waals surface area contributed by atoms with Crippen molar-refractivity contribution >= 4 is 5.91 Å². The van der Waals surface area contributed by atoms with Gasteiger partial charge in [0.2, 0.25) is 0 Å². The lowest BCUT2D eigenvalue weighted by Crippen LogP contribution is -2.44. The maximum Gasteiger partial charge on any atom is 0.257 e. The van der Waals surface area contributed by atoms with Crippen molar-refractivity contribution in [2.45, 2.75) is 45.1 Å². The van der Waals surface area contributed by atoms with Crippen molar-refractivity contribution in [1.82, 2.24) is 19.7 Å². The van der Waals surface area contributed by atoms with Gasteiger partial charge in [-0.15, -0.1) is 0 Å². The zero-order valence-electron chi connectivity index (χ0n) is 15.4. The van der Waals surface area contributed by atoms with Gasteiger partial charge in [0, 0.05) is 25.2 Å². The topological polar surface area (TPSA) is 71.2 Å². The number of likely N-dealkylation sites (tertiary alicyclic amines) is 1. The van der Waals surface area contributed by atoms with E-state index in [2.05, 4.69) is 10.1 Å². The number of rotatable bonds is 3. The lowest BCUT2D eigenvalue weighted by molar-refractivity contribution is -0.0609. The Hall–Kier alpha value is -2.21. The van der Waals surface area contributed by atoms with Gasteiger partial charge in [0.1, 0.15) is 0 Å². The van der Waals surface area contributed by atoms with E-state index >= 15 is 0 Å². The van der Waals surface area contributed by atoms with Crippen molar-refractivity contribution < 1.29 is 9.90 Å². The molecule has 3 heterocycles. The fourth-order valence-corrected chi connectivity index (χ4v) is 4.73. The van der Waals surface area contributed by atoms with Crippen LogP contribution in [-0.4, -0.2) is 49.4 Å². The van der Waals surface area contributed by atoms with Gasteiger partial charge >= 0.3 is 0 Å². The Labute approximate surface area is 153 Å². The summed E-state index contributed by atoms with van der Waals surface area (Å²) < 4.78 is 1.71. The van der Waals surface area contributed by atoms with Crippen LogP contribution in [0.4, 0.5) is 0 Å². The molecule has 1 aliphatic carbocycles. The van der Waals surface area contributed by atoms with E-state index in [-0.39, 0.29) is 11.8 Å². The van der Waals surface area contributed by atoms with Crippen molar-refractivity contribution in [2.24, 2.45) is 11.8 Å². The molecule has 138 valence electrons. The van der Waals surface area contributed by atoms with E-state index in [1.165, 1.54) is 0 Å². The molecule has 6 nitrogen and oxygen atoms in total. The average Bonchev–Trinajstić information content (AvgIpc) is 3.27. The van der Waals surface area contributed by atoms with E-state index in [0.717, 1.165) is 37.9 Å². The molecule has 26 heavy (non-hydrogen) atoms. The fraction of sp³-hybridized carbons (Fsp3) is 0.550. The molecule has 2 aliphatic rings. The van der Waals surface area contributed by atoms with Gasteiger partial charge in [-0.05, 0) is 44.2 Å². The van der Waals surface area contributed by atoms with Gasteiger partial charge in [-0.1, -0.05) is 19.4 Å². The summed E-state index contributed by atoms with van der Waals surface area (Å²) in [4.78, 5) is 19.3. The van der Waals surface area contributed by atoms with Crippen molar-refractivity contribution in [3.8, 4) is 5.82 Å². The zero-order valence-corrected chi connectivity index (χ0v) is 15.4. The van der Waals surface area contributed by atoms with Crippen molar-refractivity contribution in [3.05, 3.63) is 41.9 Å². The molecule has 2 aromatic heterocycles. The molecule has 2 fully saturated rings. The molecule has 0 spiro atoms. The fourth-order valence-electron chi connectivity index (χ4n) is 4.73. The molecule has 6 heteroatoms. The summed E-state index contributed by atoms with van der Waals surface area (Å²) in [6, 6.07) is 5.64. The van der Waals surface area contributed by atoms with E-state index in [9.17, 15) is 9.90 Å². The predicted molar refractivity (Wildman–Crippen MR) is 98.1 cm³/mol. The van der Waals surface area contributed by atoms with Crippen LogP contribution in [0.3, 0.4) is 0 Å². The van der Waals surface area contributed by atoms with Gasteiger partial charge in [-0.3, -0.25) is 4.79 Å². The average molecular weight is 354 g/mol. The van der Waals surface area contributed by atoms with Crippen LogP contribution in [0, 0.1) is 18.8 Å². The highest BCUT2D eigenvalue weighted by Gasteiger charge is 2.48. The molecule has 2 aromatic rings. The zero-order chi connectivity index (χ0) is 18.3. The Morgan fingerprint density at radius 2 is 2.23 bits per heavy atom. The summed E-state index contributed by atoms with van der Waals surface area (Å²) in [5.41, 5.74) is 0.800. The number of carbonyl (C=O) groups excluding carboxylic acids is 1. The molecule has 0 radical (unpaired) electrons. The van der Waals surface area contributed by atoms with Crippen LogP contribution in [0.2, 0.25) is 0 Å². The first-order valence-corrected chi connectivity index (χ1v) is 9.51. The van der Waals surface area contributed by atoms with Crippen LogP contribution in [0.15, 0.2) is 30.6 Å². The lowest BCUT2D eigenvalue weighted by Gasteiger charge is -2.40. The normalized spacial score (nSPS) is 28.2. The number of aliphatic hydroxyl groups is 1. The molecule has 1 saturated carbocycles. The minimum absolute atomic E-state index is 0.0116. The summed E-state index contributed by atoms with van der Waals surface area (Å²) in [6.45, 7) is 5.33. The molecule has 0 bridgehead atoms. The molecule has 3 atom stereocenters. The second-order valence-corrected chi connectivity index (χ2v) is 7.67. The van der Waals surface area contributed by atoms with Gasteiger partial charge in [0.15, 0.2) is 5.82 Å². The predicted octanol–water partition coefficient (Wildman–Crippen LogP) is 2.59. The van der Waals surface area contributed by atoms with Gasteiger partial charge in [-0.2, -0.15) is 5.10 Å². The molecule has 1 amide bonds. The standard InChI is InChI=1S/C20H26N4O2/c1-3-20(26)9-6-7-15-12-23(13-17(15)20)19(25)16-11-22-24(14(16)2)18-8-4-5-10-21-18/h4-5,8,10-11,15,17,26H,3,6-7,9,12-13H2,1-2H3/t15-,17+,20-/m0/s1. The van der Waals surface area contributed by atoms with Gasteiger partial charge in [-0.25, -0.2) is 9.67 Å². The number of aromatic nitrogens is 3. The highest BCUT2D eigenvalue weighted by Crippen LogP contribution is 2.44. The summed E-state index contributed by atoms with van der Waals surface area (Å²) in [6.07, 6.45) is 7.11. The third-order valence-corrected chi connectivity index (χ3v) is 6.32. The molecule has 4 rings (SSSR count). The third kappa shape index (κ3) is 2.72. The smallest absolute Gasteiger partial charge is 0.257 e. The van der Waals surface area contributed by atoms with Crippen LogP contribution >= 0.6 is 0 Å². The number of hydrogen-bond donors (Lipinski definition) is 1. The van der Waals surface area contributed by atoms with Crippen molar-refractivity contribution in [1.29, 1.82) is 0 Å². The maximum absolute atomic E-state index is 13.1. The third-order valence-electron chi connectivity index (χ3n) is 6.32. The van der Waals surface area contributed by atoms with E-state index in [1.54, 1.807) is 17.1 Å². The number of amides is 1. The molecule has 0 unspecified atom stereocenters. The first-order chi connectivity index (χ1) is 12.5. The molecular formula is C20H26N4O2. The van der Waals surface area contributed by atoms with Gasteiger partial charge in [0.25, 0.3) is 5.91 Å². The van der Waals surface area contributed by atoms with E-state index in [1.807, 2.05) is 36.9 Å². The quantitative estimate of drug-likeness (QED) is 0.920. The number of fused-ring (bicyclic) bond motifs is 1. The number of nitrogens with zero attached hydrogens (tertiary/aromatic N) is 4. The highest BCUT2D eigenvalue weighted by molar-refractivity contribution is 5.95. The van der Waals surface area contributed by atoms with Crippen molar-refractivity contribution in [3.63, 3.8) is 0 Å². The number of carbonyl (C=O) groups is 1. The van der Waals surface area contributed by atoms with Crippen LogP contribution < -0.4 is 0 Å². The van der Waals surface area contributed by atoms with Crippen LogP contribution in [0.1, 0.15) is 48.7 Å². The monoisotopic (exact) mass is 354 g/mol. The molecule has 1 N–H and O–H groups in total. The highest BCUT2D eigenvalue weighted by atomic mass is 16.3. The number of pyridine rings is 1. The Bertz CT molecular complexity index is 803. The second-order valence-electron chi connectivity index (χ2n) is 7.67. The summed E-state index contributed by atoms with van der Waals surface area (Å²) in [5.74, 6) is 1.32. The van der Waals surface area contributed by atoms with Crippen LogP contribution in [-0.2, 0) is 0 Å². The maximum atomic E-state index is 13.1. The van der Waals surface area contributed by atoms with Crippen LogP contribution in [0.25, 0.3) is 5.82 Å². The lowest BCUT2D eigenvalue weighted by atomic mass is 9.69. The Morgan fingerprint density at radius 3 is 2.96 bits per heavy atom. The Balaban J connectivity index is 1.57. The van der Waals surface area contributed by atoms with Gasteiger partial charge in [0.05, 0.1) is 23.1 Å². The largest absolute Gasteiger partial charge is 0.390 e. The Morgan fingerprint density at radius 1 is 1.38 bits per heavy atom. The first kappa shape index (κ1) is 17.2. The SMILES string of the molecule is CC[C@]1(O)CCC[C@H]2CN(C(=O)c3cnn(-c4ccccn4)c3C)C[C@H]21. The van der Waals surface area contributed by atoms with Crippen LogP contribution in [0.5, 0.6) is 0 Å². The van der Waals surface area contributed by atoms with E-state index < -0.39 is 5.60 Å².